The Hall–Kier alpha value is -2.83. The van der Waals surface area contributed by atoms with E-state index in [4.69, 9.17) is 5.11 Å². The fourth-order valence-corrected chi connectivity index (χ4v) is 1.31. The molecule has 0 aliphatic carbocycles. The third-order valence-electron chi connectivity index (χ3n) is 2.15. The number of anilines is 1. The number of hydrogen-bond acceptors (Lipinski definition) is 5. The zero-order valence-electron chi connectivity index (χ0n) is 8.95. The van der Waals surface area contributed by atoms with Crippen LogP contribution in [0.5, 0.6) is 5.75 Å². The van der Waals surface area contributed by atoms with Gasteiger partial charge >= 0.3 is 5.97 Å². The molecule has 0 aliphatic heterocycles. The number of hydrogen-bond donors (Lipinski definition) is 3. The van der Waals surface area contributed by atoms with Crippen LogP contribution < -0.4 is 5.32 Å². The SMILES string of the molecule is O=C(Nc1ccc(O)c(C(=O)O)c1)c1ccno1. The number of carboxylic acid groups (broad SMARTS) is 1. The van der Waals surface area contributed by atoms with Crippen molar-refractivity contribution in [3.63, 3.8) is 0 Å². The summed E-state index contributed by atoms with van der Waals surface area (Å²) in [5, 5.41) is 23.9. The normalized spacial score (nSPS) is 10.0. The van der Waals surface area contributed by atoms with Crippen molar-refractivity contribution < 1.29 is 24.3 Å². The van der Waals surface area contributed by atoms with Gasteiger partial charge in [-0.25, -0.2) is 4.79 Å². The summed E-state index contributed by atoms with van der Waals surface area (Å²) in [7, 11) is 0. The highest BCUT2D eigenvalue weighted by Gasteiger charge is 2.13. The number of rotatable bonds is 3. The van der Waals surface area contributed by atoms with E-state index in [2.05, 4.69) is 15.0 Å². The Balaban J connectivity index is 2.22. The second-order valence-corrected chi connectivity index (χ2v) is 3.37. The van der Waals surface area contributed by atoms with Crippen molar-refractivity contribution in [2.45, 2.75) is 0 Å². The summed E-state index contributed by atoms with van der Waals surface area (Å²) in [6.45, 7) is 0. The molecule has 1 aromatic heterocycles. The maximum absolute atomic E-state index is 11.6. The first-order valence-corrected chi connectivity index (χ1v) is 4.86. The van der Waals surface area contributed by atoms with E-state index in [1.807, 2.05) is 0 Å². The van der Waals surface area contributed by atoms with Crippen LogP contribution in [0.2, 0.25) is 0 Å². The number of aromatic nitrogens is 1. The van der Waals surface area contributed by atoms with E-state index < -0.39 is 11.9 Å². The van der Waals surface area contributed by atoms with Gasteiger partial charge in [-0.15, -0.1) is 0 Å². The van der Waals surface area contributed by atoms with Gasteiger partial charge in [-0.3, -0.25) is 4.79 Å². The van der Waals surface area contributed by atoms with Crippen LogP contribution in [0.15, 0.2) is 35.0 Å². The van der Waals surface area contributed by atoms with Crippen molar-refractivity contribution in [2.75, 3.05) is 5.32 Å². The Labute approximate surface area is 101 Å². The van der Waals surface area contributed by atoms with E-state index in [1.54, 1.807) is 0 Å². The molecule has 0 unspecified atom stereocenters. The summed E-state index contributed by atoms with van der Waals surface area (Å²) in [5.41, 5.74) is -0.0723. The van der Waals surface area contributed by atoms with Gasteiger partial charge < -0.3 is 20.1 Å². The molecule has 0 saturated heterocycles. The number of nitrogens with zero attached hydrogens (tertiary/aromatic N) is 1. The minimum atomic E-state index is -1.29. The largest absolute Gasteiger partial charge is 0.507 e. The summed E-state index contributed by atoms with van der Waals surface area (Å²) < 4.78 is 4.64. The molecule has 1 amide bonds. The van der Waals surface area contributed by atoms with Gasteiger partial charge in [0.2, 0.25) is 5.76 Å². The van der Waals surface area contributed by atoms with Crippen LogP contribution in [-0.2, 0) is 0 Å². The lowest BCUT2D eigenvalue weighted by atomic mass is 10.2. The van der Waals surface area contributed by atoms with Gasteiger partial charge in [0.15, 0.2) is 0 Å². The zero-order valence-corrected chi connectivity index (χ0v) is 8.95. The number of benzene rings is 1. The quantitative estimate of drug-likeness (QED) is 0.706. The van der Waals surface area contributed by atoms with Crippen molar-refractivity contribution in [3.05, 3.63) is 41.8 Å². The second kappa shape index (κ2) is 4.58. The number of nitrogens with one attached hydrogen (secondary N) is 1. The minimum Gasteiger partial charge on any atom is -0.507 e. The van der Waals surface area contributed by atoms with Gasteiger partial charge in [-0.1, -0.05) is 5.16 Å². The Morgan fingerprint density at radius 2 is 2.06 bits per heavy atom. The molecule has 0 spiro atoms. The van der Waals surface area contributed by atoms with E-state index >= 15 is 0 Å². The van der Waals surface area contributed by atoms with Crippen molar-refractivity contribution >= 4 is 17.6 Å². The number of amides is 1. The third kappa shape index (κ3) is 2.29. The first-order chi connectivity index (χ1) is 8.58. The Kier molecular flexibility index (Phi) is 2.96. The average Bonchev–Trinajstić information content (AvgIpc) is 2.85. The topological polar surface area (TPSA) is 113 Å². The molecule has 18 heavy (non-hydrogen) atoms. The summed E-state index contributed by atoms with van der Waals surface area (Å²) >= 11 is 0. The van der Waals surface area contributed by atoms with Crippen LogP contribution in [0.25, 0.3) is 0 Å². The number of carboxylic acids is 1. The summed E-state index contributed by atoms with van der Waals surface area (Å²) in [6.07, 6.45) is 1.31. The second-order valence-electron chi connectivity index (χ2n) is 3.37. The van der Waals surface area contributed by atoms with Crippen LogP contribution in [0, 0.1) is 0 Å². The average molecular weight is 248 g/mol. The molecule has 2 rings (SSSR count). The maximum atomic E-state index is 11.6. The highest BCUT2D eigenvalue weighted by atomic mass is 16.5. The molecule has 3 N–H and O–H groups in total. The van der Waals surface area contributed by atoms with Gasteiger partial charge in [0.05, 0.1) is 6.20 Å². The molecule has 2 aromatic rings. The van der Waals surface area contributed by atoms with E-state index in [0.717, 1.165) is 6.07 Å². The lowest BCUT2D eigenvalue weighted by Crippen LogP contribution is -2.11. The van der Waals surface area contributed by atoms with Gasteiger partial charge in [-0.2, -0.15) is 0 Å². The van der Waals surface area contributed by atoms with Crippen LogP contribution >= 0.6 is 0 Å². The van der Waals surface area contributed by atoms with Gasteiger partial charge in [0, 0.05) is 11.8 Å². The molecular weight excluding hydrogens is 240 g/mol. The molecule has 0 atom stereocenters. The van der Waals surface area contributed by atoms with Crippen LogP contribution in [0.4, 0.5) is 5.69 Å². The molecule has 7 nitrogen and oxygen atoms in total. The van der Waals surface area contributed by atoms with E-state index in [9.17, 15) is 14.7 Å². The zero-order chi connectivity index (χ0) is 13.1. The Morgan fingerprint density at radius 3 is 2.67 bits per heavy atom. The number of aromatic hydroxyl groups is 1. The number of aromatic carboxylic acids is 1. The smallest absolute Gasteiger partial charge is 0.339 e. The number of carbonyl (C=O) groups excluding carboxylic acids is 1. The molecule has 0 aliphatic rings. The van der Waals surface area contributed by atoms with Crippen molar-refractivity contribution in [3.8, 4) is 5.75 Å². The van der Waals surface area contributed by atoms with Crippen molar-refractivity contribution in [1.29, 1.82) is 0 Å². The molecule has 92 valence electrons. The fraction of sp³-hybridized carbons (Fsp3) is 0. The first kappa shape index (κ1) is 11.6. The minimum absolute atomic E-state index is 0.0000463. The van der Waals surface area contributed by atoms with Crippen LogP contribution in [0.3, 0.4) is 0 Å². The lowest BCUT2D eigenvalue weighted by molar-refractivity contribution is 0.0693. The summed E-state index contributed by atoms with van der Waals surface area (Å²) in [5.74, 6) is -2.22. The Morgan fingerprint density at radius 1 is 1.28 bits per heavy atom. The monoisotopic (exact) mass is 248 g/mol. The molecule has 1 aromatic carbocycles. The van der Waals surface area contributed by atoms with Gasteiger partial charge in [-0.05, 0) is 18.2 Å². The highest BCUT2D eigenvalue weighted by molar-refractivity contribution is 6.03. The van der Waals surface area contributed by atoms with Gasteiger partial charge in [0.1, 0.15) is 11.3 Å². The molecule has 0 fully saturated rings. The van der Waals surface area contributed by atoms with E-state index in [1.165, 1.54) is 24.4 Å². The molecule has 1 heterocycles. The van der Waals surface area contributed by atoms with Crippen molar-refractivity contribution in [2.24, 2.45) is 0 Å². The molecular formula is C11H8N2O5. The fourth-order valence-electron chi connectivity index (χ4n) is 1.31. The lowest BCUT2D eigenvalue weighted by Gasteiger charge is -2.05. The van der Waals surface area contributed by atoms with Crippen LogP contribution in [0.1, 0.15) is 20.9 Å². The predicted molar refractivity (Wildman–Crippen MR) is 59.5 cm³/mol. The highest BCUT2D eigenvalue weighted by Crippen LogP contribution is 2.21. The van der Waals surface area contributed by atoms with Crippen LogP contribution in [-0.4, -0.2) is 27.2 Å². The third-order valence-corrected chi connectivity index (χ3v) is 2.15. The molecule has 7 heteroatoms. The number of phenols is 1. The van der Waals surface area contributed by atoms with E-state index in [-0.39, 0.29) is 22.8 Å². The molecule has 0 radical (unpaired) electrons. The molecule has 0 saturated carbocycles. The Bertz CT molecular complexity index is 591. The summed E-state index contributed by atoms with van der Waals surface area (Å²) in [4.78, 5) is 22.4. The first-order valence-electron chi connectivity index (χ1n) is 4.86. The standard InChI is InChI=1S/C11H8N2O5/c14-8-2-1-6(5-7(8)11(16)17)13-10(15)9-3-4-12-18-9/h1-5,14H,(H,13,15)(H,16,17). The van der Waals surface area contributed by atoms with Gasteiger partial charge in [0.25, 0.3) is 5.91 Å². The summed E-state index contributed by atoms with van der Waals surface area (Å²) in [6, 6.07) is 5.06. The molecule has 0 bridgehead atoms. The van der Waals surface area contributed by atoms with Crippen molar-refractivity contribution in [1.82, 2.24) is 5.16 Å². The number of carbonyl (C=O) groups is 2. The predicted octanol–water partition coefficient (Wildman–Crippen LogP) is 1.33. The van der Waals surface area contributed by atoms with E-state index in [0.29, 0.717) is 0 Å². The maximum Gasteiger partial charge on any atom is 0.339 e.